The second kappa shape index (κ2) is 11.4. The molecular weight excluding hydrogens is 610 g/mol. The van der Waals surface area contributed by atoms with Crippen LogP contribution in [0.15, 0.2) is 72.8 Å². The van der Waals surface area contributed by atoms with Crippen LogP contribution in [0.2, 0.25) is 0 Å². The first kappa shape index (κ1) is 29.3. The number of aryl methyl sites for hydroxylation is 2. The van der Waals surface area contributed by atoms with Crippen molar-refractivity contribution in [2.75, 3.05) is 0 Å². The molecule has 8 aromatic carbocycles. The van der Waals surface area contributed by atoms with Gasteiger partial charge in [-0.25, -0.2) is 12.1 Å². The van der Waals surface area contributed by atoms with Gasteiger partial charge >= 0.3 is 0 Å². The molecule has 0 N–H and O–H groups in total. The Bertz CT molecular complexity index is 1910. The van der Waals surface area contributed by atoms with E-state index in [1.54, 1.807) is 0 Å². The molecule has 0 spiro atoms. The van der Waals surface area contributed by atoms with Gasteiger partial charge in [0.15, 0.2) is 0 Å². The molecule has 0 unspecified atom stereocenters. The van der Waals surface area contributed by atoms with Crippen molar-refractivity contribution in [3.63, 3.8) is 0 Å². The molecular formula is C36H30Y2-2. The van der Waals surface area contributed by atoms with Gasteiger partial charge in [0.2, 0.25) is 0 Å². The molecule has 0 heterocycles. The normalized spacial score (nSPS) is 11.0. The van der Waals surface area contributed by atoms with Gasteiger partial charge in [-0.2, -0.15) is 16.8 Å². The second-order valence-corrected chi connectivity index (χ2v) is 9.21. The molecule has 0 fully saturated rings. The summed E-state index contributed by atoms with van der Waals surface area (Å²) in [5.74, 6) is 0. The van der Waals surface area contributed by atoms with Crippen molar-refractivity contribution in [1.82, 2.24) is 0 Å². The molecule has 0 aliphatic carbocycles. The average Bonchev–Trinajstić information content (AvgIpc) is 2.94. The molecule has 8 rings (SSSR count). The van der Waals surface area contributed by atoms with Gasteiger partial charge in [-0.05, 0) is 78.8 Å². The maximum Gasteiger partial charge on any atom is 0 e. The third-order valence-electron chi connectivity index (χ3n) is 7.64. The average molecular weight is 640 g/mol. The Morgan fingerprint density at radius 3 is 1.03 bits per heavy atom. The van der Waals surface area contributed by atoms with Crippen LogP contribution in [-0.2, 0) is 65.4 Å². The van der Waals surface area contributed by atoms with E-state index in [-0.39, 0.29) is 65.4 Å². The van der Waals surface area contributed by atoms with Gasteiger partial charge < -0.3 is 0 Å². The van der Waals surface area contributed by atoms with Gasteiger partial charge in [0.1, 0.15) is 0 Å². The molecule has 0 atom stereocenters. The predicted molar refractivity (Wildman–Crippen MR) is 161 cm³/mol. The molecule has 0 aliphatic heterocycles. The summed E-state index contributed by atoms with van der Waals surface area (Å²) in [6, 6.07) is 33.9. The van der Waals surface area contributed by atoms with E-state index >= 15 is 0 Å². The summed E-state index contributed by atoms with van der Waals surface area (Å²) in [6.45, 7) is 12.5. The van der Waals surface area contributed by atoms with Crippen LogP contribution in [0.4, 0.5) is 0 Å². The van der Waals surface area contributed by atoms with E-state index in [2.05, 4.69) is 86.6 Å². The standard InChI is InChI=1S/C32H18.2C2H6.2Y/c1-17-9-11-22-26-15-13-24-20-7-3-5-19-6-4-8-21(29(19)20)25-14-16-27(32(26)31(24)25)23-12-10-18(2)28(17)30(22)23;2*1-2;;/h3-4,7-16H,1-2H3;2*1-2H3;;/q-2;;;;. The van der Waals surface area contributed by atoms with E-state index in [1.807, 2.05) is 39.8 Å². The summed E-state index contributed by atoms with van der Waals surface area (Å²) < 4.78 is 0. The Kier molecular flexibility index (Phi) is 8.81. The van der Waals surface area contributed by atoms with Gasteiger partial charge in [-0.15, -0.1) is 0 Å². The maximum absolute atomic E-state index is 3.39. The smallest absolute Gasteiger partial charge is 0 e. The summed E-state index contributed by atoms with van der Waals surface area (Å²) >= 11 is 0. The van der Waals surface area contributed by atoms with Crippen LogP contribution < -0.4 is 0 Å². The third kappa shape index (κ3) is 3.94. The van der Waals surface area contributed by atoms with Crippen molar-refractivity contribution >= 4 is 75.4 Å². The summed E-state index contributed by atoms with van der Waals surface area (Å²) in [7, 11) is 0. The molecule has 8 aromatic rings. The third-order valence-corrected chi connectivity index (χ3v) is 7.64. The van der Waals surface area contributed by atoms with E-state index < -0.39 is 0 Å². The van der Waals surface area contributed by atoms with Crippen molar-refractivity contribution in [2.24, 2.45) is 0 Å². The van der Waals surface area contributed by atoms with E-state index in [1.165, 1.54) is 81.1 Å². The zero-order valence-electron chi connectivity index (χ0n) is 23.1. The van der Waals surface area contributed by atoms with E-state index in [4.69, 9.17) is 0 Å². The monoisotopic (exact) mass is 640 g/mol. The van der Waals surface area contributed by atoms with Gasteiger partial charge in [-0.1, -0.05) is 87.7 Å². The van der Waals surface area contributed by atoms with Crippen molar-refractivity contribution in [1.29, 1.82) is 0 Å². The molecule has 0 aromatic heterocycles. The van der Waals surface area contributed by atoms with Crippen LogP contribution in [0.5, 0.6) is 0 Å². The molecule has 2 heteroatoms. The van der Waals surface area contributed by atoms with Gasteiger partial charge in [0, 0.05) is 65.4 Å². The fourth-order valence-electron chi connectivity index (χ4n) is 6.34. The zero-order chi connectivity index (χ0) is 25.1. The summed E-state index contributed by atoms with van der Waals surface area (Å²) in [5.41, 5.74) is 2.70. The van der Waals surface area contributed by atoms with Gasteiger partial charge in [-0.3, -0.25) is 17.5 Å². The number of fused-ring (bicyclic) bond motifs is 4. The summed E-state index contributed by atoms with van der Waals surface area (Å²) in [6.07, 6.45) is 0. The molecule has 0 saturated carbocycles. The second-order valence-electron chi connectivity index (χ2n) is 9.21. The Balaban J connectivity index is 0.000000538. The first-order valence-electron chi connectivity index (χ1n) is 13.2. The molecule has 0 saturated heterocycles. The number of hydrogen-bond donors (Lipinski definition) is 0. The molecule has 0 amide bonds. The molecule has 0 bridgehead atoms. The number of hydrogen-bond acceptors (Lipinski definition) is 0. The van der Waals surface area contributed by atoms with Crippen LogP contribution in [-0.4, -0.2) is 0 Å². The number of rotatable bonds is 0. The molecule has 0 nitrogen and oxygen atoms in total. The first-order valence-corrected chi connectivity index (χ1v) is 13.2. The minimum absolute atomic E-state index is 0. The zero-order valence-corrected chi connectivity index (χ0v) is 28.8. The van der Waals surface area contributed by atoms with E-state index in [0.717, 1.165) is 5.39 Å². The van der Waals surface area contributed by atoms with Crippen LogP contribution in [0.25, 0.3) is 75.4 Å². The van der Waals surface area contributed by atoms with E-state index in [0.29, 0.717) is 0 Å². The molecule has 0 aliphatic rings. The van der Waals surface area contributed by atoms with Crippen LogP contribution in [0.1, 0.15) is 38.8 Å². The van der Waals surface area contributed by atoms with Crippen LogP contribution in [0.3, 0.4) is 0 Å². The van der Waals surface area contributed by atoms with Crippen molar-refractivity contribution in [3.8, 4) is 0 Å². The topological polar surface area (TPSA) is 0 Å². The first-order chi connectivity index (χ1) is 17.7. The van der Waals surface area contributed by atoms with Gasteiger partial charge in [0.05, 0.1) is 0 Å². The maximum atomic E-state index is 3.39. The van der Waals surface area contributed by atoms with E-state index in [9.17, 15) is 0 Å². The van der Waals surface area contributed by atoms with Crippen LogP contribution >= 0.6 is 0 Å². The minimum atomic E-state index is 0. The SMILES string of the molecule is CC.CC.Cc1ccc2c3ccc4c5cc[c-]c6[c-]ccc(c7ccc(c8ccc(C)c1c28)c3c47)c65.[Y].[Y]. The fraction of sp³-hybridized carbons (Fsp3) is 0.167. The quantitative estimate of drug-likeness (QED) is 0.0879. The number of benzene rings is 8. The van der Waals surface area contributed by atoms with Crippen LogP contribution in [0, 0.1) is 26.0 Å². The fourth-order valence-corrected chi connectivity index (χ4v) is 6.34. The predicted octanol–water partition coefficient (Wildman–Crippen LogP) is 10.9. The molecule has 2 radical (unpaired) electrons. The van der Waals surface area contributed by atoms with Crippen molar-refractivity contribution in [3.05, 3.63) is 96.1 Å². The minimum Gasteiger partial charge on any atom is -0.285 e. The Morgan fingerprint density at radius 2 is 0.658 bits per heavy atom. The Morgan fingerprint density at radius 1 is 0.368 bits per heavy atom. The van der Waals surface area contributed by atoms with Gasteiger partial charge in [0.25, 0.3) is 0 Å². The Hall–Kier alpha value is -1.69. The summed E-state index contributed by atoms with van der Waals surface area (Å²) in [4.78, 5) is 0. The van der Waals surface area contributed by atoms with Crippen molar-refractivity contribution < 1.29 is 65.4 Å². The molecule has 38 heavy (non-hydrogen) atoms. The molecule has 182 valence electrons. The Labute approximate surface area is 275 Å². The van der Waals surface area contributed by atoms with Crippen molar-refractivity contribution in [2.45, 2.75) is 41.5 Å². The largest absolute Gasteiger partial charge is 0.285 e. The summed E-state index contributed by atoms with van der Waals surface area (Å²) in [5, 5.41) is 18.6.